The van der Waals surface area contributed by atoms with Crippen LogP contribution in [0.2, 0.25) is 0 Å². The van der Waals surface area contributed by atoms with Crippen molar-refractivity contribution in [1.82, 2.24) is 25.8 Å². The third-order valence-corrected chi connectivity index (χ3v) is 8.86. The van der Waals surface area contributed by atoms with Gasteiger partial charge in [0.15, 0.2) is 0 Å². The number of amides is 2. The van der Waals surface area contributed by atoms with E-state index in [0.29, 0.717) is 39.1 Å². The zero-order valence-corrected chi connectivity index (χ0v) is 22.0. The lowest BCUT2D eigenvalue weighted by molar-refractivity contribution is -0.131. The van der Waals surface area contributed by atoms with Crippen molar-refractivity contribution in [1.29, 1.82) is 0 Å². The van der Waals surface area contributed by atoms with Gasteiger partial charge in [-0.2, -0.15) is 0 Å². The minimum absolute atomic E-state index is 0.0131. The Balaban J connectivity index is 1.49. The summed E-state index contributed by atoms with van der Waals surface area (Å²) in [7, 11) is 0. The number of nitrogens with two attached hydrogens (primary N) is 2. The maximum absolute atomic E-state index is 15.2. The van der Waals surface area contributed by atoms with Gasteiger partial charge in [-0.05, 0) is 24.7 Å². The fraction of sp³-hybridized carbons (Fsp3) is 0.846. The Bertz CT molecular complexity index is 815. The van der Waals surface area contributed by atoms with Crippen molar-refractivity contribution in [2.24, 2.45) is 22.8 Å². The Morgan fingerprint density at radius 1 is 1.05 bits per heavy atom. The van der Waals surface area contributed by atoms with E-state index < -0.39 is 42.6 Å². The van der Waals surface area contributed by atoms with Crippen molar-refractivity contribution in [2.75, 3.05) is 45.8 Å². The lowest BCUT2D eigenvalue weighted by Crippen LogP contribution is -2.69. The number of piperidine rings is 1. The Kier molecular flexibility index (Phi) is 9.55. The largest absolute Gasteiger partial charge is 0.350 e. The van der Waals surface area contributed by atoms with Gasteiger partial charge in [0.05, 0.1) is 24.2 Å². The zero-order chi connectivity index (χ0) is 26.6. The number of carbonyl (C=O) groups is 2. The first-order chi connectivity index (χ1) is 17.7. The first kappa shape index (κ1) is 28.4. The number of piperazine rings is 1. The van der Waals surface area contributed by atoms with Crippen LogP contribution < -0.4 is 27.4 Å². The summed E-state index contributed by atoms with van der Waals surface area (Å²) < 4.78 is 29.8. The average Bonchev–Trinajstić information content (AvgIpc) is 2.86. The van der Waals surface area contributed by atoms with Crippen LogP contribution in [0, 0.1) is 11.3 Å². The molecular formula is C26H45F2N7O2. The van der Waals surface area contributed by atoms with E-state index in [1.165, 1.54) is 0 Å². The van der Waals surface area contributed by atoms with E-state index in [4.69, 9.17) is 11.5 Å². The molecule has 3 aliphatic heterocycles. The third kappa shape index (κ3) is 6.86. The van der Waals surface area contributed by atoms with Gasteiger partial charge in [0, 0.05) is 58.8 Å². The normalized spacial score (nSPS) is 35.0. The molecule has 9 nitrogen and oxygen atoms in total. The molecule has 1 spiro atoms. The van der Waals surface area contributed by atoms with Crippen LogP contribution in [0.5, 0.6) is 0 Å². The van der Waals surface area contributed by atoms with Crippen LogP contribution in [-0.2, 0) is 9.59 Å². The summed E-state index contributed by atoms with van der Waals surface area (Å²) in [6.45, 7) is 4.44. The lowest BCUT2D eigenvalue weighted by atomic mass is 9.67. The Hall–Kier alpha value is -1.66. The topological polar surface area (TPSA) is 129 Å². The SMILES string of the molecule is CC(=O)N1CCN(C2C(F)CNCC2NC(=O)C(C(N)N)C2CC3(/C=C\C(F)CN2)CCCCC3)CC1. The predicted octanol–water partition coefficient (Wildman–Crippen LogP) is 0.0116. The van der Waals surface area contributed by atoms with Gasteiger partial charge < -0.3 is 32.3 Å². The molecule has 3 fully saturated rings. The van der Waals surface area contributed by atoms with E-state index in [-0.39, 0.29) is 30.3 Å². The van der Waals surface area contributed by atoms with E-state index >= 15 is 4.39 Å². The van der Waals surface area contributed by atoms with Crippen LogP contribution in [-0.4, -0.2) is 104 Å². The van der Waals surface area contributed by atoms with Crippen molar-refractivity contribution < 1.29 is 18.4 Å². The van der Waals surface area contributed by atoms with Crippen molar-refractivity contribution >= 4 is 11.8 Å². The molecule has 0 aromatic heterocycles. The summed E-state index contributed by atoms with van der Waals surface area (Å²) >= 11 is 0. The Morgan fingerprint density at radius 2 is 1.76 bits per heavy atom. The average molecular weight is 526 g/mol. The monoisotopic (exact) mass is 525 g/mol. The number of alkyl halides is 2. The minimum atomic E-state index is -1.17. The van der Waals surface area contributed by atoms with Crippen molar-refractivity contribution in [3.05, 3.63) is 12.2 Å². The van der Waals surface area contributed by atoms with E-state index in [1.54, 1.807) is 17.9 Å². The number of allylic oxidation sites excluding steroid dienone is 1. The number of hydrogen-bond acceptors (Lipinski definition) is 7. The van der Waals surface area contributed by atoms with Gasteiger partial charge in [-0.3, -0.25) is 14.5 Å². The minimum Gasteiger partial charge on any atom is -0.350 e. The van der Waals surface area contributed by atoms with E-state index in [9.17, 15) is 14.0 Å². The second kappa shape index (κ2) is 12.5. The van der Waals surface area contributed by atoms with Crippen LogP contribution in [0.25, 0.3) is 0 Å². The van der Waals surface area contributed by atoms with Crippen LogP contribution in [0.1, 0.15) is 45.4 Å². The smallest absolute Gasteiger partial charge is 0.227 e. The summed E-state index contributed by atoms with van der Waals surface area (Å²) in [5.41, 5.74) is 12.2. The molecule has 4 rings (SSSR count). The van der Waals surface area contributed by atoms with Crippen molar-refractivity contribution in [3.63, 3.8) is 0 Å². The standard InChI is InChI=1S/C26H45F2N7O2/c1-17(36)34-9-11-35(12-10-34)23-19(28)15-31-16-21(23)33-25(37)22(24(29)30)20-13-26(6-3-2-4-7-26)8-5-18(27)14-32-20/h5,8,18-24,31-32H,2-4,6-7,9-16,29-30H2,1H3,(H,33,37)/b8-5-. The van der Waals surface area contributed by atoms with Gasteiger partial charge in [-0.25, -0.2) is 8.78 Å². The molecule has 1 saturated carbocycles. The Morgan fingerprint density at radius 3 is 2.41 bits per heavy atom. The van der Waals surface area contributed by atoms with E-state index in [2.05, 4.69) is 16.0 Å². The van der Waals surface area contributed by atoms with Crippen LogP contribution in [0.15, 0.2) is 12.2 Å². The summed E-state index contributed by atoms with van der Waals surface area (Å²) in [5, 5.41) is 9.42. The molecule has 0 aromatic rings. The highest BCUT2D eigenvalue weighted by atomic mass is 19.1. The molecule has 1 aliphatic carbocycles. The van der Waals surface area contributed by atoms with Crippen LogP contribution in [0.3, 0.4) is 0 Å². The third-order valence-electron chi connectivity index (χ3n) is 8.86. The van der Waals surface area contributed by atoms with Gasteiger partial charge in [-0.1, -0.05) is 31.4 Å². The van der Waals surface area contributed by atoms with Gasteiger partial charge in [0.2, 0.25) is 11.8 Å². The molecule has 210 valence electrons. The number of nitrogens with zero attached hydrogens (tertiary/aromatic N) is 2. The van der Waals surface area contributed by atoms with E-state index in [0.717, 1.165) is 32.1 Å². The predicted molar refractivity (Wildman–Crippen MR) is 139 cm³/mol. The second-order valence-corrected chi connectivity index (χ2v) is 11.4. The quantitative estimate of drug-likeness (QED) is 0.253. The van der Waals surface area contributed by atoms with Crippen molar-refractivity contribution in [3.8, 4) is 0 Å². The molecule has 3 heterocycles. The maximum atomic E-state index is 15.2. The van der Waals surface area contributed by atoms with Crippen LogP contribution >= 0.6 is 0 Å². The summed E-state index contributed by atoms with van der Waals surface area (Å²) in [5.74, 6) is -1.10. The molecule has 2 saturated heterocycles. The fourth-order valence-corrected chi connectivity index (χ4v) is 6.83. The van der Waals surface area contributed by atoms with Crippen LogP contribution in [0.4, 0.5) is 8.78 Å². The van der Waals surface area contributed by atoms with Crippen molar-refractivity contribution in [2.45, 2.75) is 82.1 Å². The zero-order valence-electron chi connectivity index (χ0n) is 22.0. The lowest BCUT2D eigenvalue weighted by Gasteiger charge is -2.46. The summed E-state index contributed by atoms with van der Waals surface area (Å²) in [6, 6.07) is -1.38. The highest BCUT2D eigenvalue weighted by Crippen LogP contribution is 2.43. The second-order valence-electron chi connectivity index (χ2n) is 11.4. The summed E-state index contributed by atoms with van der Waals surface area (Å²) in [6.07, 6.45) is 6.28. The van der Waals surface area contributed by atoms with E-state index in [1.807, 2.05) is 11.0 Å². The molecule has 6 unspecified atom stereocenters. The number of halogens is 2. The number of nitrogens with one attached hydrogen (secondary N) is 3. The highest BCUT2D eigenvalue weighted by Gasteiger charge is 2.44. The van der Waals surface area contributed by atoms with Gasteiger partial charge in [0.1, 0.15) is 12.3 Å². The van der Waals surface area contributed by atoms with Gasteiger partial charge in [-0.15, -0.1) is 0 Å². The molecule has 11 heteroatoms. The molecule has 37 heavy (non-hydrogen) atoms. The first-order valence-corrected chi connectivity index (χ1v) is 13.9. The highest BCUT2D eigenvalue weighted by molar-refractivity contribution is 5.80. The molecule has 0 radical (unpaired) electrons. The molecule has 4 aliphatic rings. The number of hydrogen-bond donors (Lipinski definition) is 5. The molecule has 2 amide bonds. The molecular weight excluding hydrogens is 480 g/mol. The maximum Gasteiger partial charge on any atom is 0.227 e. The van der Waals surface area contributed by atoms with Gasteiger partial charge >= 0.3 is 0 Å². The molecule has 0 aromatic carbocycles. The molecule has 6 atom stereocenters. The summed E-state index contributed by atoms with van der Waals surface area (Å²) in [4.78, 5) is 29.3. The Labute approximate surface area is 219 Å². The molecule has 7 N–H and O–H groups in total. The number of rotatable bonds is 5. The van der Waals surface area contributed by atoms with Gasteiger partial charge in [0.25, 0.3) is 0 Å². The first-order valence-electron chi connectivity index (χ1n) is 13.9. The fourth-order valence-electron chi connectivity index (χ4n) is 6.83. The number of carbonyl (C=O) groups excluding carboxylic acids is 2. The molecule has 0 bridgehead atoms.